The van der Waals surface area contributed by atoms with Crippen LogP contribution >= 0.6 is 0 Å². The van der Waals surface area contributed by atoms with E-state index in [0.29, 0.717) is 18.4 Å². The van der Waals surface area contributed by atoms with Crippen molar-refractivity contribution in [2.75, 3.05) is 19.6 Å². The van der Waals surface area contributed by atoms with Gasteiger partial charge in [0.15, 0.2) is 0 Å². The topological polar surface area (TPSA) is 57.7 Å². The summed E-state index contributed by atoms with van der Waals surface area (Å²) >= 11 is 0. The first-order valence-electron chi connectivity index (χ1n) is 8.87. The number of carbonyl (C=O) groups is 3. The van der Waals surface area contributed by atoms with Gasteiger partial charge in [0.25, 0.3) is 11.8 Å². The molecule has 3 amide bonds. The van der Waals surface area contributed by atoms with Crippen LogP contribution in [-0.2, 0) is 14.4 Å². The third-order valence-electron chi connectivity index (χ3n) is 5.63. The van der Waals surface area contributed by atoms with Gasteiger partial charge >= 0.3 is 0 Å². The van der Waals surface area contributed by atoms with Crippen LogP contribution in [0.2, 0.25) is 0 Å². The van der Waals surface area contributed by atoms with Crippen molar-refractivity contribution in [2.45, 2.75) is 45.4 Å². The molecule has 0 radical (unpaired) electrons. The number of likely N-dealkylation sites (tertiary alicyclic amines) is 1. The molecule has 0 aromatic carbocycles. The largest absolute Gasteiger partial charge is 0.342 e. The zero-order valence-electron chi connectivity index (χ0n) is 13.9. The molecule has 1 aliphatic carbocycles. The van der Waals surface area contributed by atoms with Crippen molar-refractivity contribution in [3.63, 3.8) is 0 Å². The predicted molar refractivity (Wildman–Crippen MR) is 86.3 cm³/mol. The Morgan fingerprint density at radius 2 is 1.57 bits per heavy atom. The van der Waals surface area contributed by atoms with Gasteiger partial charge in [0.1, 0.15) is 0 Å². The molecule has 0 aromatic heterocycles. The highest BCUT2D eigenvalue weighted by Gasteiger charge is 2.33. The molecule has 0 N–H and O–H groups in total. The molecule has 3 rings (SSSR count). The first-order valence-corrected chi connectivity index (χ1v) is 8.87. The van der Waals surface area contributed by atoms with Gasteiger partial charge < -0.3 is 4.90 Å². The van der Waals surface area contributed by atoms with E-state index in [1.807, 2.05) is 4.90 Å². The van der Waals surface area contributed by atoms with Crippen LogP contribution in [0, 0.1) is 17.8 Å². The Balaban J connectivity index is 1.46. The summed E-state index contributed by atoms with van der Waals surface area (Å²) in [5.74, 6) is 1.14. The molecule has 0 spiro atoms. The van der Waals surface area contributed by atoms with Crippen LogP contribution in [0.3, 0.4) is 0 Å². The average Bonchev–Trinajstić information content (AvgIpc) is 2.87. The average molecular weight is 318 g/mol. The lowest BCUT2D eigenvalue weighted by molar-refractivity contribution is -0.140. The first-order chi connectivity index (χ1) is 11.0. The predicted octanol–water partition coefficient (Wildman–Crippen LogP) is 1.98. The molecule has 126 valence electrons. The Labute approximate surface area is 137 Å². The number of imide groups is 1. The smallest absolute Gasteiger partial charge is 0.253 e. The van der Waals surface area contributed by atoms with Crippen molar-refractivity contribution >= 4 is 17.7 Å². The summed E-state index contributed by atoms with van der Waals surface area (Å²) in [4.78, 5) is 39.2. The molecule has 1 saturated carbocycles. The van der Waals surface area contributed by atoms with Crippen LogP contribution in [0.15, 0.2) is 12.2 Å². The molecule has 1 saturated heterocycles. The highest BCUT2D eigenvalue weighted by atomic mass is 16.2. The van der Waals surface area contributed by atoms with E-state index in [1.165, 1.54) is 17.1 Å². The van der Waals surface area contributed by atoms with E-state index in [0.717, 1.165) is 57.5 Å². The molecule has 23 heavy (non-hydrogen) atoms. The lowest BCUT2D eigenvalue weighted by atomic mass is 9.80. The molecule has 5 nitrogen and oxygen atoms in total. The van der Waals surface area contributed by atoms with E-state index in [1.54, 1.807) is 0 Å². The summed E-state index contributed by atoms with van der Waals surface area (Å²) in [6, 6.07) is 0. The van der Waals surface area contributed by atoms with E-state index in [2.05, 4.69) is 6.92 Å². The van der Waals surface area contributed by atoms with Gasteiger partial charge in [-0.2, -0.15) is 0 Å². The molecule has 5 heteroatoms. The standard InChI is InChI=1S/C18H26N2O3/c1-13-8-10-19(11-9-13)18(23)15-4-2-14(3-5-15)12-20-16(21)6-7-17(20)22/h6-7,13-15H,2-5,8-12H2,1H3. The highest BCUT2D eigenvalue weighted by molar-refractivity contribution is 6.12. The molecule has 0 unspecified atom stereocenters. The lowest BCUT2D eigenvalue weighted by Gasteiger charge is -2.36. The summed E-state index contributed by atoms with van der Waals surface area (Å²) in [5.41, 5.74) is 0. The number of hydrogen-bond acceptors (Lipinski definition) is 3. The molecular weight excluding hydrogens is 292 g/mol. The van der Waals surface area contributed by atoms with Gasteiger partial charge in [-0.1, -0.05) is 6.92 Å². The minimum Gasteiger partial charge on any atom is -0.342 e. The second-order valence-corrected chi connectivity index (χ2v) is 7.35. The third kappa shape index (κ3) is 3.65. The van der Waals surface area contributed by atoms with Crippen LogP contribution < -0.4 is 0 Å². The van der Waals surface area contributed by atoms with E-state index < -0.39 is 0 Å². The van der Waals surface area contributed by atoms with Crippen LogP contribution in [0.1, 0.15) is 45.4 Å². The zero-order chi connectivity index (χ0) is 16.4. The monoisotopic (exact) mass is 318 g/mol. The fourth-order valence-corrected chi connectivity index (χ4v) is 3.95. The van der Waals surface area contributed by atoms with Gasteiger partial charge in [0, 0.05) is 37.7 Å². The van der Waals surface area contributed by atoms with Gasteiger partial charge in [-0.3, -0.25) is 19.3 Å². The Kier molecular flexibility index (Phi) is 4.83. The number of hydrogen-bond donors (Lipinski definition) is 0. The number of nitrogens with zero attached hydrogens (tertiary/aromatic N) is 2. The Hall–Kier alpha value is -1.65. The summed E-state index contributed by atoms with van der Waals surface area (Å²) in [6.07, 6.45) is 8.55. The summed E-state index contributed by atoms with van der Waals surface area (Å²) in [5, 5.41) is 0. The number of carbonyl (C=O) groups excluding carboxylic acids is 3. The van der Waals surface area contributed by atoms with Crippen molar-refractivity contribution in [2.24, 2.45) is 17.8 Å². The van der Waals surface area contributed by atoms with Crippen LogP contribution in [0.4, 0.5) is 0 Å². The van der Waals surface area contributed by atoms with Gasteiger partial charge in [-0.25, -0.2) is 0 Å². The summed E-state index contributed by atoms with van der Waals surface area (Å²) in [6.45, 7) is 4.57. The van der Waals surface area contributed by atoms with Crippen LogP contribution in [-0.4, -0.2) is 47.2 Å². The first kappa shape index (κ1) is 16.2. The minimum atomic E-state index is -0.198. The van der Waals surface area contributed by atoms with Gasteiger partial charge in [0.05, 0.1) is 0 Å². The maximum atomic E-state index is 12.6. The molecular formula is C18H26N2O3. The van der Waals surface area contributed by atoms with E-state index in [-0.39, 0.29) is 17.7 Å². The SMILES string of the molecule is CC1CCN(C(=O)C2CCC(CN3C(=O)C=CC3=O)CC2)CC1. The lowest BCUT2D eigenvalue weighted by Crippen LogP contribution is -2.43. The molecule has 0 aromatic rings. The molecule has 2 fully saturated rings. The maximum Gasteiger partial charge on any atom is 0.253 e. The molecule has 2 heterocycles. The van der Waals surface area contributed by atoms with Crippen molar-refractivity contribution in [1.82, 2.24) is 9.80 Å². The van der Waals surface area contributed by atoms with E-state index in [4.69, 9.17) is 0 Å². The number of amides is 3. The van der Waals surface area contributed by atoms with Crippen LogP contribution in [0.5, 0.6) is 0 Å². The number of piperidine rings is 1. The van der Waals surface area contributed by atoms with Gasteiger partial charge in [-0.15, -0.1) is 0 Å². The zero-order valence-corrected chi connectivity index (χ0v) is 13.9. The normalized spacial score (nSPS) is 29.4. The minimum absolute atomic E-state index is 0.141. The Bertz CT molecular complexity index is 494. The van der Waals surface area contributed by atoms with Crippen molar-refractivity contribution in [3.8, 4) is 0 Å². The second-order valence-electron chi connectivity index (χ2n) is 7.35. The summed E-state index contributed by atoms with van der Waals surface area (Å²) < 4.78 is 0. The van der Waals surface area contributed by atoms with Crippen molar-refractivity contribution in [3.05, 3.63) is 12.2 Å². The van der Waals surface area contributed by atoms with Crippen LogP contribution in [0.25, 0.3) is 0 Å². The molecule has 0 atom stereocenters. The van der Waals surface area contributed by atoms with Crippen molar-refractivity contribution in [1.29, 1.82) is 0 Å². The maximum absolute atomic E-state index is 12.6. The quantitative estimate of drug-likeness (QED) is 0.748. The van der Waals surface area contributed by atoms with Crippen molar-refractivity contribution < 1.29 is 14.4 Å². The van der Waals surface area contributed by atoms with E-state index in [9.17, 15) is 14.4 Å². The molecule has 3 aliphatic rings. The van der Waals surface area contributed by atoms with E-state index >= 15 is 0 Å². The molecule has 0 bridgehead atoms. The van der Waals surface area contributed by atoms with Gasteiger partial charge in [-0.05, 0) is 50.4 Å². The van der Waals surface area contributed by atoms with Gasteiger partial charge in [0.2, 0.25) is 5.91 Å². The Morgan fingerprint density at radius 1 is 1.00 bits per heavy atom. The third-order valence-corrected chi connectivity index (χ3v) is 5.63. The number of rotatable bonds is 3. The Morgan fingerprint density at radius 3 is 2.13 bits per heavy atom. The fourth-order valence-electron chi connectivity index (χ4n) is 3.95. The molecule has 2 aliphatic heterocycles. The summed E-state index contributed by atoms with van der Waals surface area (Å²) in [7, 11) is 0. The highest BCUT2D eigenvalue weighted by Crippen LogP contribution is 2.32. The fraction of sp³-hybridized carbons (Fsp3) is 0.722. The second kappa shape index (κ2) is 6.85.